The van der Waals surface area contributed by atoms with Gasteiger partial charge in [0.2, 0.25) is 0 Å². The maximum atomic E-state index is 13.3. The highest BCUT2D eigenvalue weighted by Gasteiger charge is 2.16. The summed E-state index contributed by atoms with van der Waals surface area (Å²) in [5, 5.41) is 4.17. The molecule has 0 aliphatic heterocycles. The molecule has 0 fully saturated rings. The van der Waals surface area contributed by atoms with Gasteiger partial charge in [-0.05, 0) is 57.5 Å². The Balaban J connectivity index is -0.000000939. The minimum Gasteiger partial charge on any atom is -0.265 e. The summed E-state index contributed by atoms with van der Waals surface area (Å²) in [7, 11) is -1.95. The van der Waals surface area contributed by atoms with Gasteiger partial charge in [-0.15, -0.1) is 0 Å². The van der Waals surface area contributed by atoms with Gasteiger partial charge in [-0.3, -0.25) is 5.43 Å². The van der Waals surface area contributed by atoms with Crippen LogP contribution in [0.5, 0.6) is 0 Å². The summed E-state index contributed by atoms with van der Waals surface area (Å²) in [5.41, 5.74) is 5.21. The number of nitrogens with one attached hydrogen (secondary N) is 2. The maximum absolute atomic E-state index is 13.3. The Morgan fingerprint density at radius 1 is 0.878 bits per heavy atom. The quantitative estimate of drug-likeness (QED) is 0.137. The Kier molecular flexibility index (Phi) is 28.9. The number of hydrazone groups is 1. The molecule has 0 aliphatic carbocycles. The molecule has 0 saturated heterocycles. The Morgan fingerprint density at radius 2 is 1.34 bits per heavy atom. The van der Waals surface area contributed by atoms with Crippen molar-refractivity contribution in [2.24, 2.45) is 10.1 Å². The average Bonchev–Trinajstić information content (AvgIpc) is 2.96. The average molecular weight is 601 g/mol. The van der Waals surface area contributed by atoms with Gasteiger partial charge in [-0.25, -0.2) is 27.1 Å². The molecular weight excluding hydrogens is 545 g/mol. The first-order chi connectivity index (χ1) is 19.4. The predicted octanol–water partition coefficient (Wildman–Crippen LogP) is 10.2. The summed E-state index contributed by atoms with van der Waals surface area (Å²) in [6.07, 6.45) is 6.53. The van der Waals surface area contributed by atoms with Gasteiger partial charge < -0.3 is 0 Å². The number of unbranched alkanes of at least 4 members (excludes halogenated alkanes) is 2. The summed E-state index contributed by atoms with van der Waals surface area (Å²) in [4.78, 5) is 4.18. The molecule has 41 heavy (non-hydrogen) atoms. The first-order valence-electron chi connectivity index (χ1n) is 14.7. The fraction of sp³-hybridized carbons (Fsp3) is 0.562. The molecule has 236 valence electrons. The fourth-order valence-electron chi connectivity index (χ4n) is 2.14. The van der Waals surface area contributed by atoms with Crippen LogP contribution in [0.2, 0.25) is 0 Å². The fourth-order valence-corrected chi connectivity index (χ4v) is 3.18. The number of hydrogen-bond donors (Lipinski definition) is 2. The van der Waals surface area contributed by atoms with E-state index in [1.54, 1.807) is 20.8 Å². The van der Waals surface area contributed by atoms with Crippen molar-refractivity contribution in [3.8, 4) is 0 Å². The monoisotopic (exact) mass is 600 g/mol. The van der Waals surface area contributed by atoms with Crippen LogP contribution >= 0.6 is 0 Å². The summed E-state index contributed by atoms with van der Waals surface area (Å²) < 4.78 is 54.5. The summed E-state index contributed by atoms with van der Waals surface area (Å²) >= 11 is 0. The Bertz CT molecular complexity index is 999. The van der Waals surface area contributed by atoms with E-state index >= 15 is 0 Å². The first-order valence-corrected chi connectivity index (χ1v) is 15.8. The minimum atomic E-state index is -1.95. The van der Waals surface area contributed by atoms with Crippen LogP contribution in [-0.4, -0.2) is 21.8 Å². The second-order valence-corrected chi connectivity index (χ2v) is 10.2. The standard InChI is InChI=1S/C19H21F3N4OS.2C4H10.C3H8.C2H6/c1-11-6-5-7-15(8-11)23-14(4)25-24-12(2)13(3)26-28(27)16-9-17(20)19(22)18(21)10-16;2*1-3-4-2;1-3-2;1-2/h5-10,13,26H,1-4H3,(H,23,25);2*3-4H2,1-2H3;3H2,1-2H3;1-2H3/b24-12+;;;;/t13-,28?;;;;/m1..../s1. The van der Waals surface area contributed by atoms with E-state index in [0.717, 1.165) is 11.3 Å². The lowest BCUT2D eigenvalue weighted by molar-refractivity contribution is 0.443. The van der Waals surface area contributed by atoms with Crippen molar-refractivity contribution >= 4 is 28.2 Å². The molecule has 0 heterocycles. The lowest BCUT2D eigenvalue weighted by Crippen LogP contribution is -2.35. The summed E-state index contributed by atoms with van der Waals surface area (Å²) in [6, 6.07) is 8.56. The number of halogens is 3. The van der Waals surface area contributed by atoms with Crippen LogP contribution in [0.3, 0.4) is 0 Å². The molecule has 0 bridgehead atoms. The smallest absolute Gasteiger partial charge is 0.194 e. The van der Waals surface area contributed by atoms with Crippen molar-refractivity contribution in [3.63, 3.8) is 0 Å². The van der Waals surface area contributed by atoms with Crippen molar-refractivity contribution in [3.05, 3.63) is 59.4 Å². The predicted molar refractivity (Wildman–Crippen MR) is 174 cm³/mol. The van der Waals surface area contributed by atoms with Crippen LogP contribution in [0, 0.1) is 24.4 Å². The zero-order valence-corrected chi connectivity index (χ0v) is 28.2. The van der Waals surface area contributed by atoms with Gasteiger partial charge in [0.15, 0.2) is 17.5 Å². The highest BCUT2D eigenvalue weighted by molar-refractivity contribution is 7.83. The van der Waals surface area contributed by atoms with E-state index in [1.807, 2.05) is 45.0 Å². The van der Waals surface area contributed by atoms with Crippen LogP contribution < -0.4 is 10.1 Å². The van der Waals surface area contributed by atoms with E-state index < -0.39 is 34.5 Å². The third-order valence-electron chi connectivity index (χ3n) is 4.77. The molecule has 0 saturated carbocycles. The SMILES string of the molecule is CC.CC(=Nc1cccc(C)c1)N/N=C(\C)[C@@H](C)NS(=O)c1cc(F)c(F)c(F)c1.CCC.CCCC.CCCC. The molecule has 2 rings (SSSR count). The van der Waals surface area contributed by atoms with Gasteiger partial charge in [0.1, 0.15) is 16.8 Å². The molecule has 2 atom stereocenters. The number of benzene rings is 2. The van der Waals surface area contributed by atoms with E-state index in [-0.39, 0.29) is 4.90 Å². The van der Waals surface area contributed by atoms with Gasteiger partial charge in [0.25, 0.3) is 0 Å². The summed E-state index contributed by atoms with van der Waals surface area (Å²) in [6.45, 7) is 24.1. The molecule has 0 amide bonds. The van der Waals surface area contributed by atoms with E-state index in [4.69, 9.17) is 0 Å². The van der Waals surface area contributed by atoms with Crippen LogP contribution in [0.25, 0.3) is 0 Å². The maximum Gasteiger partial charge on any atom is 0.194 e. The normalized spacial score (nSPS) is 12.1. The van der Waals surface area contributed by atoms with E-state index in [0.29, 0.717) is 23.7 Å². The summed E-state index contributed by atoms with van der Waals surface area (Å²) in [5.74, 6) is -3.83. The number of amidine groups is 1. The minimum absolute atomic E-state index is 0.207. The molecule has 1 unspecified atom stereocenters. The molecule has 0 spiro atoms. The lowest BCUT2D eigenvalue weighted by Gasteiger charge is -2.13. The third-order valence-corrected chi connectivity index (χ3v) is 6.01. The second kappa shape index (κ2) is 27.6. The topological polar surface area (TPSA) is 65.8 Å². The van der Waals surface area contributed by atoms with Crippen molar-refractivity contribution in [2.75, 3.05) is 0 Å². The van der Waals surface area contributed by atoms with E-state index in [9.17, 15) is 17.4 Å². The first kappa shape index (κ1) is 42.9. The number of aryl methyl sites for hydroxylation is 1. The Morgan fingerprint density at radius 3 is 1.76 bits per heavy atom. The molecule has 9 heteroatoms. The van der Waals surface area contributed by atoms with Crippen molar-refractivity contribution in [2.45, 2.75) is 126 Å². The lowest BCUT2D eigenvalue weighted by atomic mass is 10.2. The zero-order chi connectivity index (χ0) is 32.4. The largest absolute Gasteiger partial charge is 0.265 e. The Labute approximate surface area is 251 Å². The number of nitrogens with zero attached hydrogens (tertiary/aromatic N) is 2. The molecule has 5 nitrogen and oxygen atoms in total. The van der Waals surface area contributed by atoms with Gasteiger partial charge >= 0.3 is 0 Å². The van der Waals surface area contributed by atoms with Crippen molar-refractivity contribution < 1.29 is 17.4 Å². The Hall–Kier alpha value is -2.52. The van der Waals surface area contributed by atoms with Crippen LogP contribution in [-0.2, 0) is 11.0 Å². The molecule has 0 aliphatic rings. The van der Waals surface area contributed by atoms with Crippen molar-refractivity contribution in [1.29, 1.82) is 0 Å². The molecule has 2 aromatic carbocycles. The van der Waals surface area contributed by atoms with Crippen molar-refractivity contribution in [1.82, 2.24) is 10.1 Å². The number of rotatable bonds is 8. The van der Waals surface area contributed by atoms with Gasteiger partial charge in [-0.1, -0.05) is 99.6 Å². The van der Waals surface area contributed by atoms with Crippen LogP contribution in [0.15, 0.2) is 51.4 Å². The second-order valence-electron chi connectivity index (χ2n) is 8.92. The van der Waals surface area contributed by atoms with Gasteiger partial charge in [0.05, 0.1) is 22.3 Å². The van der Waals surface area contributed by atoms with E-state index in [1.165, 1.54) is 32.1 Å². The highest BCUT2D eigenvalue weighted by Crippen LogP contribution is 2.16. The van der Waals surface area contributed by atoms with E-state index in [2.05, 4.69) is 61.8 Å². The van der Waals surface area contributed by atoms with Crippen LogP contribution in [0.4, 0.5) is 18.9 Å². The highest BCUT2D eigenvalue weighted by atomic mass is 32.2. The molecular formula is C32H55F3N4OS. The zero-order valence-electron chi connectivity index (χ0n) is 27.4. The van der Waals surface area contributed by atoms with Gasteiger partial charge in [0, 0.05) is 0 Å². The van der Waals surface area contributed by atoms with Gasteiger partial charge in [-0.2, -0.15) is 5.10 Å². The molecule has 0 radical (unpaired) electrons. The molecule has 2 N–H and O–H groups in total. The number of hydrogen-bond acceptors (Lipinski definition) is 3. The third kappa shape index (κ3) is 21.8. The molecule has 2 aromatic rings. The number of aliphatic imine (C=N–C) groups is 1. The van der Waals surface area contributed by atoms with Crippen LogP contribution in [0.1, 0.15) is 114 Å². The molecule has 0 aromatic heterocycles.